The summed E-state index contributed by atoms with van der Waals surface area (Å²) in [4.78, 5) is 109. The third kappa shape index (κ3) is 13.4. The van der Waals surface area contributed by atoms with Crippen molar-refractivity contribution in [2.75, 3.05) is 5.32 Å². The third-order valence-corrected chi connectivity index (χ3v) is 6.68. The van der Waals surface area contributed by atoms with Gasteiger partial charge in [-0.2, -0.15) is 0 Å². The summed E-state index contributed by atoms with van der Waals surface area (Å²) in [5.41, 5.74) is -0.174. The maximum absolute atomic E-state index is 13.2. The minimum atomic E-state index is -1.65. The Balaban J connectivity index is 3.03. The summed E-state index contributed by atoms with van der Waals surface area (Å²) in [6.45, 7) is 8.73. The summed E-state index contributed by atoms with van der Waals surface area (Å²) < 4.78 is 0. The molecular formula is C29H41N7O12. The van der Waals surface area contributed by atoms with E-state index in [1.165, 1.54) is 39.8 Å². The minimum Gasteiger partial charge on any atom is -0.481 e. The number of carbonyl (C=O) groups is 8. The summed E-state index contributed by atoms with van der Waals surface area (Å²) in [5.74, 6) is -9.17. The minimum absolute atomic E-state index is 0.0827. The molecule has 1 rings (SSSR count). The second kappa shape index (κ2) is 18.5. The van der Waals surface area contributed by atoms with Crippen molar-refractivity contribution >= 4 is 58.8 Å². The molecule has 0 saturated heterocycles. The van der Waals surface area contributed by atoms with E-state index < -0.39 is 107 Å². The molecule has 0 spiro atoms. The monoisotopic (exact) mass is 679 g/mol. The molecule has 0 aromatic heterocycles. The highest BCUT2D eigenvalue weighted by Gasteiger charge is 2.34. The molecule has 0 aliphatic heterocycles. The van der Waals surface area contributed by atoms with Crippen molar-refractivity contribution in [3.8, 4) is 0 Å². The van der Waals surface area contributed by atoms with E-state index in [1.807, 2.05) is 0 Å². The molecule has 0 unspecified atom stereocenters. The number of nitrogens with one attached hydrogen (secondary N) is 6. The standard InChI is InChI=1S/C29H41N7O12/c1-13(2)23(31-16(6)37)29(46)34-20(12-22(40)41)27(44)35-24(14(3)4)28(45)30-15(5)25(42)33-19(11-21(38)39)26(43)32-17-7-9-18(10-8-17)36(47)48/h7-10,13-15,19-20,23-24H,11-12H2,1-6H3,(H,30,45)(H,31,37)(H,32,43)(H,33,42)(H,34,46)(H,35,44)(H,38,39)(H,40,41)/t15-,19-,20-,23+,24+/m1/s1. The van der Waals surface area contributed by atoms with Crippen LogP contribution in [-0.4, -0.2) is 92.7 Å². The first-order chi connectivity index (χ1) is 22.2. The number of non-ortho nitro benzene ring substituents is 1. The molecule has 8 N–H and O–H groups in total. The average molecular weight is 680 g/mol. The van der Waals surface area contributed by atoms with E-state index in [0.717, 1.165) is 12.1 Å². The molecule has 19 nitrogen and oxygen atoms in total. The molecule has 0 heterocycles. The number of aliphatic carboxylic acids is 2. The molecule has 0 aliphatic carbocycles. The molecule has 0 fully saturated rings. The number of carbonyl (C=O) groups excluding carboxylic acids is 6. The van der Waals surface area contributed by atoms with Gasteiger partial charge in [0.1, 0.15) is 30.2 Å². The Morgan fingerprint density at radius 3 is 1.52 bits per heavy atom. The zero-order valence-electron chi connectivity index (χ0n) is 27.2. The summed E-state index contributed by atoms with van der Waals surface area (Å²) in [5, 5.41) is 43.4. The number of rotatable bonds is 18. The maximum atomic E-state index is 13.2. The lowest BCUT2D eigenvalue weighted by Crippen LogP contribution is -2.60. The summed E-state index contributed by atoms with van der Waals surface area (Å²) in [7, 11) is 0. The number of carboxylic acids is 2. The van der Waals surface area contributed by atoms with Gasteiger partial charge >= 0.3 is 11.9 Å². The van der Waals surface area contributed by atoms with Crippen molar-refractivity contribution in [1.29, 1.82) is 0 Å². The van der Waals surface area contributed by atoms with Gasteiger partial charge < -0.3 is 42.1 Å². The second-order valence-corrected chi connectivity index (χ2v) is 11.5. The van der Waals surface area contributed by atoms with Crippen LogP contribution in [-0.2, 0) is 38.4 Å². The van der Waals surface area contributed by atoms with Gasteiger partial charge in [-0.05, 0) is 30.9 Å². The molecule has 5 atom stereocenters. The number of nitro benzene ring substituents is 1. The Bertz CT molecular complexity index is 1400. The zero-order valence-corrected chi connectivity index (χ0v) is 27.2. The van der Waals surface area contributed by atoms with Crippen LogP contribution >= 0.6 is 0 Å². The Morgan fingerprint density at radius 2 is 1.08 bits per heavy atom. The number of amides is 6. The van der Waals surface area contributed by atoms with Crippen LogP contribution in [0.3, 0.4) is 0 Å². The second-order valence-electron chi connectivity index (χ2n) is 11.5. The summed E-state index contributed by atoms with van der Waals surface area (Å²) in [6, 6.07) is -2.47. The van der Waals surface area contributed by atoms with E-state index in [2.05, 4.69) is 31.9 Å². The van der Waals surface area contributed by atoms with Crippen molar-refractivity contribution in [2.24, 2.45) is 11.8 Å². The van der Waals surface area contributed by atoms with E-state index in [0.29, 0.717) is 0 Å². The fourth-order valence-electron chi connectivity index (χ4n) is 4.13. The smallest absolute Gasteiger partial charge is 0.305 e. The fraction of sp³-hybridized carbons (Fsp3) is 0.517. The zero-order chi connectivity index (χ0) is 36.9. The van der Waals surface area contributed by atoms with Gasteiger partial charge in [-0.3, -0.25) is 48.5 Å². The Morgan fingerprint density at radius 1 is 0.646 bits per heavy atom. The van der Waals surface area contributed by atoms with Crippen LogP contribution in [0.2, 0.25) is 0 Å². The molecule has 1 aromatic rings. The molecule has 0 saturated carbocycles. The first-order valence-corrected chi connectivity index (χ1v) is 14.7. The SMILES string of the molecule is CC(=O)N[C@H](C(=O)N[C@H](CC(=O)O)C(=O)N[C@H](C(=O)N[C@H](C)C(=O)N[C@H](CC(=O)O)C(=O)Nc1ccc([N+](=O)[O-])cc1)C(C)C)C(C)C. The lowest BCUT2D eigenvalue weighted by atomic mass is 10.0. The predicted octanol–water partition coefficient (Wildman–Crippen LogP) is -0.741. The first-order valence-electron chi connectivity index (χ1n) is 14.7. The summed E-state index contributed by atoms with van der Waals surface area (Å²) in [6.07, 6.45) is -1.72. The number of nitrogens with zero attached hydrogens (tertiary/aromatic N) is 1. The van der Waals surface area contributed by atoms with E-state index >= 15 is 0 Å². The highest BCUT2D eigenvalue weighted by molar-refractivity contribution is 6.01. The third-order valence-electron chi connectivity index (χ3n) is 6.68. The predicted molar refractivity (Wildman–Crippen MR) is 167 cm³/mol. The fourth-order valence-corrected chi connectivity index (χ4v) is 4.13. The molecule has 48 heavy (non-hydrogen) atoms. The lowest BCUT2D eigenvalue weighted by molar-refractivity contribution is -0.384. The largest absolute Gasteiger partial charge is 0.481 e. The molecule has 0 radical (unpaired) electrons. The number of anilines is 1. The number of hydrogen-bond donors (Lipinski definition) is 8. The van der Waals surface area contributed by atoms with E-state index in [4.69, 9.17) is 0 Å². The van der Waals surface area contributed by atoms with Crippen LogP contribution < -0.4 is 31.9 Å². The lowest BCUT2D eigenvalue weighted by Gasteiger charge is -2.28. The molecule has 0 aliphatic rings. The van der Waals surface area contributed by atoms with Crippen LogP contribution in [0.1, 0.15) is 54.4 Å². The summed E-state index contributed by atoms with van der Waals surface area (Å²) >= 11 is 0. The van der Waals surface area contributed by atoms with Gasteiger partial charge in [-0.25, -0.2) is 0 Å². The number of benzene rings is 1. The Labute approximate surface area is 275 Å². The topological polar surface area (TPSA) is 292 Å². The van der Waals surface area contributed by atoms with Crippen molar-refractivity contribution in [2.45, 2.75) is 84.6 Å². The van der Waals surface area contributed by atoms with E-state index in [1.54, 1.807) is 13.8 Å². The van der Waals surface area contributed by atoms with E-state index in [9.17, 15) is 58.7 Å². The van der Waals surface area contributed by atoms with Crippen molar-refractivity contribution in [3.63, 3.8) is 0 Å². The van der Waals surface area contributed by atoms with Gasteiger partial charge in [0.25, 0.3) is 5.69 Å². The quantitative estimate of drug-likeness (QED) is 0.0703. The molecule has 19 heteroatoms. The van der Waals surface area contributed by atoms with Crippen molar-refractivity contribution in [3.05, 3.63) is 34.4 Å². The van der Waals surface area contributed by atoms with Gasteiger partial charge in [0.15, 0.2) is 0 Å². The van der Waals surface area contributed by atoms with Gasteiger partial charge in [0, 0.05) is 24.7 Å². The van der Waals surface area contributed by atoms with Crippen molar-refractivity contribution in [1.82, 2.24) is 26.6 Å². The maximum Gasteiger partial charge on any atom is 0.305 e. The Kier molecular flexibility index (Phi) is 15.6. The molecule has 6 amide bonds. The van der Waals surface area contributed by atoms with Crippen LogP contribution in [0, 0.1) is 22.0 Å². The number of carboxylic acid groups (broad SMARTS) is 2. The van der Waals surface area contributed by atoms with Gasteiger partial charge in [0.05, 0.1) is 17.8 Å². The van der Waals surface area contributed by atoms with Gasteiger partial charge in [-0.1, -0.05) is 27.7 Å². The van der Waals surface area contributed by atoms with Crippen LogP contribution in [0.5, 0.6) is 0 Å². The van der Waals surface area contributed by atoms with E-state index in [-0.39, 0.29) is 11.4 Å². The highest BCUT2D eigenvalue weighted by Crippen LogP contribution is 2.16. The highest BCUT2D eigenvalue weighted by atomic mass is 16.6. The molecule has 0 bridgehead atoms. The van der Waals surface area contributed by atoms with Crippen LogP contribution in [0.25, 0.3) is 0 Å². The first kappa shape index (κ1) is 40.4. The average Bonchev–Trinajstić information content (AvgIpc) is 2.96. The van der Waals surface area contributed by atoms with Gasteiger partial charge in [-0.15, -0.1) is 0 Å². The van der Waals surface area contributed by atoms with Crippen LogP contribution in [0.15, 0.2) is 24.3 Å². The van der Waals surface area contributed by atoms with Gasteiger partial charge in [0.2, 0.25) is 35.4 Å². The molecule has 1 aromatic carbocycles. The molecular weight excluding hydrogens is 638 g/mol. The number of hydrogen-bond acceptors (Lipinski definition) is 10. The van der Waals surface area contributed by atoms with Crippen LogP contribution in [0.4, 0.5) is 11.4 Å². The normalized spacial score (nSPS) is 13.9. The Hall–Kier alpha value is -5.62. The molecule has 264 valence electrons. The number of nitro groups is 1. The van der Waals surface area contributed by atoms with Crippen molar-refractivity contribution < 1.29 is 53.5 Å².